The van der Waals surface area contributed by atoms with Gasteiger partial charge >= 0.3 is 0 Å². The number of halogens is 1. The molecule has 0 radical (unpaired) electrons. The van der Waals surface area contributed by atoms with Crippen molar-refractivity contribution in [3.63, 3.8) is 0 Å². The average Bonchev–Trinajstić information content (AvgIpc) is 3.35. The Labute approximate surface area is 197 Å². The topological polar surface area (TPSA) is 74.6 Å². The van der Waals surface area contributed by atoms with Gasteiger partial charge in [0, 0.05) is 50.0 Å². The van der Waals surface area contributed by atoms with Crippen molar-refractivity contribution in [2.75, 3.05) is 36.0 Å². The SMILES string of the molecule is Cc1c(N2CCN(C(=O)c3cnn(C)c3)CC2)cncc1N1C(=O)c2ccc(Cl)cc2[C@H]1C. The van der Waals surface area contributed by atoms with E-state index >= 15 is 0 Å². The number of hydrogen-bond acceptors (Lipinski definition) is 5. The molecule has 1 fully saturated rings. The van der Waals surface area contributed by atoms with Crippen molar-refractivity contribution in [1.29, 1.82) is 0 Å². The van der Waals surface area contributed by atoms with E-state index in [9.17, 15) is 9.59 Å². The molecule has 2 amide bonds. The zero-order valence-electron chi connectivity index (χ0n) is 18.8. The molecule has 0 N–H and O–H groups in total. The highest BCUT2D eigenvalue weighted by Crippen LogP contribution is 2.41. The van der Waals surface area contributed by atoms with E-state index in [4.69, 9.17) is 11.6 Å². The molecule has 2 aliphatic rings. The van der Waals surface area contributed by atoms with Gasteiger partial charge in [0.25, 0.3) is 11.8 Å². The second-order valence-electron chi connectivity index (χ2n) is 8.57. The summed E-state index contributed by atoms with van der Waals surface area (Å²) < 4.78 is 1.64. The monoisotopic (exact) mass is 464 g/mol. The van der Waals surface area contributed by atoms with Gasteiger partial charge in [-0.3, -0.25) is 24.2 Å². The van der Waals surface area contributed by atoms with E-state index in [2.05, 4.69) is 15.0 Å². The molecule has 8 nitrogen and oxygen atoms in total. The van der Waals surface area contributed by atoms with E-state index in [1.54, 1.807) is 47.4 Å². The second-order valence-corrected chi connectivity index (χ2v) is 9.00. The number of benzene rings is 1. The second kappa shape index (κ2) is 8.19. The van der Waals surface area contributed by atoms with E-state index < -0.39 is 0 Å². The van der Waals surface area contributed by atoms with Gasteiger partial charge in [-0.1, -0.05) is 11.6 Å². The van der Waals surface area contributed by atoms with Crippen LogP contribution in [0.3, 0.4) is 0 Å². The van der Waals surface area contributed by atoms with Gasteiger partial charge in [0.15, 0.2) is 0 Å². The van der Waals surface area contributed by atoms with E-state index in [0.717, 1.165) is 22.5 Å². The van der Waals surface area contributed by atoms with Crippen LogP contribution in [0.5, 0.6) is 0 Å². The standard InChI is InChI=1S/C24H25ClN6O2/c1-15-21(29-6-8-30(9-7-29)23(32)17-11-27-28(3)14-17)12-26-13-22(15)31-16(2)20-10-18(25)4-5-19(20)24(31)33/h4-5,10-14,16H,6-9H2,1-3H3/t16-/m1/s1. The van der Waals surface area contributed by atoms with Gasteiger partial charge in [0.2, 0.25) is 0 Å². The number of piperazine rings is 1. The summed E-state index contributed by atoms with van der Waals surface area (Å²) in [6.45, 7) is 6.64. The summed E-state index contributed by atoms with van der Waals surface area (Å²) in [6.07, 6.45) is 6.94. The van der Waals surface area contributed by atoms with Crippen LogP contribution in [0.2, 0.25) is 5.02 Å². The lowest BCUT2D eigenvalue weighted by Gasteiger charge is -2.37. The highest BCUT2D eigenvalue weighted by atomic mass is 35.5. The molecule has 1 atom stereocenters. The molecule has 2 aromatic heterocycles. The van der Waals surface area contributed by atoms with Crippen LogP contribution in [-0.2, 0) is 7.05 Å². The van der Waals surface area contributed by atoms with Gasteiger partial charge in [-0.2, -0.15) is 5.10 Å². The van der Waals surface area contributed by atoms with Gasteiger partial charge in [0.05, 0.1) is 41.6 Å². The molecule has 33 heavy (non-hydrogen) atoms. The van der Waals surface area contributed by atoms with Crippen molar-refractivity contribution in [2.24, 2.45) is 7.05 Å². The maximum absolute atomic E-state index is 13.2. The van der Waals surface area contributed by atoms with Crippen LogP contribution >= 0.6 is 11.6 Å². The molecule has 170 valence electrons. The Morgan fingerprint density at radius 3 is 2.52 bits per heavy atom. The average molecular weight is 465 g/mol. The minimum Gasteiger partial charge on any atom is -0.366 e. The van der Waals surface area contributed by atoms with Crippen molar-refractivity contribution in [3.05, 3.63) is 70.3 Å². The van der Waals surface area contributed by atoms with Gasteiger partial charge < -0.3 is 9.80 Å². The van der Waals surface area contributed by atoms with Crippen LogP contribution in [0.25, 0.3) is 0 Å². The lowest BCUT2D eigenvalue weighted by Crippen LogP contribution is -2.49. The Morgan fingerprint density at radius 1 is 1.09 bits per heavy atom. The number of carbonyl (C=O) groups excluding carboxylic acids is 2. The molecule has 0 saturated carbocycles. The van der Waals surface area contributed by atoms with Crippen LogP contribution in [0, 0.1) is 6.92 Å². The van der Waals surface area contributed by atoms with Crippen molar-refractivity contribution in [2.45, 2.75) is 19.9 Å². The van der Waals surface area contributed by atoms with Crippen LogP contribution in [0.15, 0.2) is 43.0 Å². The Hall–Kier alpha value is -3.39. The first-order valence-electron chi connectivity index (χ1n) is 11.0. The Balaban J connectivity index is 1.36. The van der Waals surface area contributed by atoms with Gasteiger partial charge in [-0.15, -0.1) is 0 Å². The molecule has 1 saturated heterocycles. The fourth-order valence-electron chi connectivity index (χ4n) is 4.77. The first-order chi connectivity index (χ1) is 15.8. The van der Waals surface area contributed by atoms with Crippen LogP contribution in [0.4, 0.5) is 11.4 Å². The van der Waals surface area contributed by atoms with Crippen LogP contribution < -0.4 is 9.80 Å². The third-order valence-corrected chi connectivity index (χ3v) is 6.82. The number of carbonyl (C=O) groups is 2. The van der Waals surface area contributed by atoms with Gasteiger partial charge in [-0.25, -0.2) is 0 Å². The molecule has 5 rings (SSSR count). The molecular formula is C24H25ClN6O2. The minimum atomic E-state index is -0.129. The molecule has 1 aromatic carbocycles. The number of anilines is 2. The summed E-state index contributed by atoms with van der Waals surface area (Å²) in [6, 6.07) is 5.28. The number of nitrogens with zero attached hydrogens (tertiary/aromatic N) is 6. The van der Waals surface area contributed by atoms with Gasteiger partial charge in [-0.05, 0) is 43.2 Å². The summed E-state index contributed by atoms with van der Waals surface area (Å²) in [5.74, 6) is -0.0395. The fourth-order valence-corrected chi connectivity index (χ4v) is 4.95. The minimum absolute atomic E-state index is 0.000684. The molecular weight excluding hydrogens is 440 g/mol. The fraction of sp³-hybridized carbons (Fsp3) is 0.333. The summed E-state index contributed by atoms with van der Waals surface area (Å²) in [5, 5.41) is 4.72. The highest BCUT2D eigenvalue weighted by molar-refractivity contribution is 6.31. The van der Waals surface area contributed by atoms with E-state index in [-0.39, 0.29) is 17.9 Å². The maximum atomic E-state index is 13.2. The third-order valence-electron chi connectivity index (χ3n) is 6.58. The molecule has 2 aliphatic heterocycles. The molecule has 9 heteroatoms. The lowest BCUT2D eigenvalue weighted by atomic mass is 10.1. The van der Waals surface area contributed by atoms with Gasteiger partial charge in [0.1, 0.15) is 0 Å². The zero-order chi connectivity index (χ0) is 23.3. The first-order valence-corrected chi connectivity index (χ1v) is 11.3. The van der Waals surface area contributed by atoms with Crippen molar-refractivity contribution < 1.29 is 9.59 Å². The third kappa shape index (κ3) is 3.64. The van der Waals surface area contributed by atoms with Crippen LogP contribution in [-0.4, -0.2) is 57.7 Å². The predicted octanol–water partition coefficient (Wildman–Crippen LogP) is 3.46. The number of fused-ring (bicyclic) bond motifs is 1. The summed E-state index contributed by atoms with van der Waals surface area (Å²) in [7, 11) is 1.80. The molecule has 0 aliphatic carbocycles. The number of pyridine rings is 1. The quantitative estimate of drug-likeness (QED) is 0.593. The number of aryl methyl sites for hydroxylation is 1. The molecule has 4 heterocycles. The smallest absolute Gasteiger partial charge is 0.259 e. The maximum Gasteiger partial charge on any atom is 0.259 e. The number of amides is 2. The van der Waals surface area contributed by atoms with Crippen LogP contribution in [0.1, 0.15) is 44.8 Å². The van der Waals surface area contributed by atoms with Crippen molar-refractivity contribution in [3.8, 4) is 0 Å². The molecule has 3 aromatic rings. The molecule has 0 unspecified atom stereocenters. The van der Waals surface area contributed by atoms with Crippen molar-refractivity contribution >= 4 is 34.8 Å². The first kappa shape index (κ1) is 21.5. The predicted molar refractivity (Wildman–Crippen MR) is 127 cm³/mol. The normalized spacial score (nSPS) is 18.1. The Bertz CT molecular complexity index is 1250. The summed E-state index contributed by atoms with van der Waals surface area (Å²) in [5.41, 5.74) is 4.99. The summed E-state index contributed by atoms with van der Waals surface area (Å²) in [4.78, 5) is 36.3. The van der Waals surface area contributed by atoms with Crippen molar-refractivity contribution in [1.82, 2.24) is 19.7 Å². The summed E-state index contributed by atoms with van der Waals surface area (Å²) >= 11 is 6.18. The Kier molecular flexibility index (Phi) is 5.32. The Morgan fingerprint density at radius 2 is 1.82 bits per heavy atom. The highest BCUT2D eigenvalue weighted by Gasteiger charge is 2.36. The van der Waals surface area contributed by atoms with E-state index in [0.29, 0.717) is 42.3 Å². The number of rotatable bonds is 3. The molecule has 0 bridgehead atoms. The zero-order valence-corrected chi connectivity index (χ0v) is 19.6. The van der Waals surface area contributed by atoms with E-state index in [1.165, 1.54) is 0 Å². The largest absolute Gasteiger partial charge is 0.366 e. The number of aromatic nitrogens is 3. The lowest BCUT2D eigenvalue weighted by molar-refractivity contribution is 0.0746. The van der Waals surface area contributed by atoms with E-state index in [1.807, 2.05) is 31.0 Å². The molecule has 0 spiro atoms. The number of hydrogen-bond donors (Lipinski definition) is 0.